The normalized spacial score (nSPS) is 11.1. The Morgan fingerprint density at radius 2 is 1.97 bits per heavy atom. The minimum Gasteiger partial charge on any atom is -0.461 e. The van der Waals surface area contributed by atoms with Crippen LogP contribution in [0.1, 0.15) is 21.6 Å². The lowest BCUT2D eigenvalue weighted by molar-refractivity contribution is 0.101. The van der Waals surface area contributed by atoms with Crippen LogP contribution in [0.2, 0.25) is 0 Å². The maximum Gasteiger partial charge on any atom is 0.277 e. The van der Waals surface area contributed by atoms with Crippen LogP contribution in [0.4, 0.5) is 5.69 Å². The van der Waals surface area contributed by atoms with Crippen molar-refractivity contribution in [2.45, 2.75) is 13.8 Å². The summed E-state index contributed by atoms with van der Waals surface area (Å²) in [6, 6.07) is 15.0. The van der Waals surface area contributed by atoms with E-state index in [1.54, 1.807) is 18.2 Å². The van der Waals surface area contributed by atoms with E-state index in [1.165, 1.54) is 6.26 Å². The molecule has 1 aromatic carbocycles. The predicted molar refractivity (Wildman–Crippen MR) is 112 cm³/mol. The topological polar surface area (TPSA) is 85.6 Å². The molecule has 0 aliphatic rings. The zero-order valence-electron chi connectivity index (χ0n) is 16.4. The van der Waals surface area contributed by atoms with Gasteiger partial charge in [-0.2, -0.15) is 0 Å². The van der Waals surface area contributed by atoms with Gasteiger partial charge >= 0.3 is 0 Å². The molecule has 30 heavy (non-hydrogen) atoms. The van der Waals surface area contributed by atoms with Crippen LogP contribution in [0.15, 0.2) is 76.1 Å². The first-order chi connectivity index (χ1) is 14.6. The van der Waals surface area contributed by atoms with Crippen molar-refractivity contribution in [2.75, 3.05) is 5.32 Å². The van der Waals surface area contributed by atoms with Crippen molar-refractivity contribution in [1.82, 2.24) is 14.5 Å². The van der Waals surface area contributed by atoms with Crippen molar-refractivity contribution in [3.05, 3.63) is 84.0 Å². The maximum absolute atomic E-state index is 12.7. The zero-order valence-corrected chi connectivity index (χ0v) is 16.4. The van der Waals surface area contributed by atoms with Gasteiger partial charge in [-0.05, 0) is 55.3 Å². The van der Waals surface area contributed by atoms with Crippen molar-refractivity contribution in [2.24, 2.45) is 0 Å². The molecule has 1 amide bonds. The van der Waals surface area contributed by atoms with E-state index in [-0.39, 0.29) is 11.6 Å². The fourth-order valence-corrected chi connectivity index (χ4v) is 3.24. The molecule has 4 aromatic heterocycles. The molecule has 5 rings (SSSR count). The number of anilines is 1. The molecule has 0 bridgehead atoms. The van der Waals surface area contributed by atoms with E-state index in [0.717, 1.165) is 28.0 Å². The smallest absolute Gasteiger partial charge is 0.277 e. The first-order valence-electron chi connectivity index (χ1n) is 9.45. The number of hydrogen-bond acceptors (Lipinski definition) is 5. The Morgan fingerprint density at radius 3 is 2.80 bits per heavy atom. The van der Waals surface area contributed by atoms with Crippen LogP contribution in [0.5, 0.6) is 0 Å². The van der Waals surface area contributed by atoms with Crippen molar-refractivity contribution in [3.8, 4) is 22.8 Å². The number of amides is 1. The largest absolute Gasteiger partial charge is 0.461 e. The van der Waals surface area contributed by atoms with Gasteiger partial charge < -0.3 is 18.7 Å². The van der Waals surface area contributed by atoms with Gasteiger partial charge in [-0.3, -0.25) is 4.79 Å². The maximum atomic E-state index is 12.7. The molecule has 7 nitrogen and oxygen atoms in total. The number of aromatic nitrogens is 3. The number of nitrogens with zero attached hydrogens (tertiary/aromatic N) is 3. The highest BCUT2D eigenvalue weighted by Crippen LogP contribution is 2.26. The molecule has 148 valence electrons. The fraction of sp³-hybridized carbons (Fsp3) is 0.0870. The summed E-state index contributed by atoms with van der Waals surface area (Å²) in [7, 11) is 0. The minimum atomic E-state index is -0.359. The summed E-state index contributed by atoms with van der Waals surface area (Å²) < 4.78 is 12.5. The Morgan fingerprint density at radius 1 is 1.07 bits per heavy atom. The number of carbonyl (C=O) groups is 1. The second kappa shape index (κ2) is 7.04. The van der Waals surface area contributed by atoms with Crippen LogP contribution >= 0.6 is 0 Å². The number of furan rings is 1. The highest BCUT2D eigenvalue weighted by molar-refractivity contribution is 6.04. The van der Waals surface area contributed by atoms with E-state index in [0.29, 0.717) is 17.2 Å². The molecule has 7 heteroatoms. The summed E-state index contributed by atoms with van der Waals surface area (Å²) >= 11 is 0. The zero-order chi connectivity index (χ0) is 20.7. The van der Waals surface area contributed by atoms with Gasteiger partial charge in [0.2, 0.25) is 5.76 Å². The summed E-state index contributed by atoms with van der Waals surface area (Å²) in [5.41, 5.74) is 5.57. The SMILES string of the molecule is Cc1ccn2cc(-c3ccc(C)c(NC(=O)c4cc(-c5ccco5)on4)c3)nc2c1. The average molecular weight is 398 g/mol. The van der Waals surface area contributed by atoms with E-state index in [4.69, 9.17) is 13.9 Å². The van der Waals surface area contributed by atoms with Gasteiger partial charge in [0, 0.05) is 29.7 Å². The summed E-state index contributed by atoms with van der Waals surface area (Å²) in [5.74, 6) is 0.555. The van der Waals surface area contributed by atoms with Gasteiger partial charge in [0.1, 0.15) is 5.65 Å². The molecule has 0 atom stereocenters. The molecule has 0 fully saturated rings. The van der Waals surface area contributed by atoms with E-state index < -0.39 is 0 Å². The number of fused-ring (bicyclic) bond motifs is 1. The Balaban J connectivity index is 1.42. The molecule has 0 saturated heterocycles. The first-order valence-corrected chi connectivity index (χ1v) is 9.45. The quantitative estimate of drug-likeness (QED) is 0.454. The molecule has 0 aliphatic heterocycles. The lowest BCUT2D eigenvalue weighted by Gasteiger charge is -2.08. The van der Waals surface area contributed by atoms with Gasteiger partial charge in [0.25, 0.3) is 5.91 Å². The Kier molecular flexibility index (Phi) is 4.21. The number of rotatable bonds is 4. The Labute approximate surface area is 172 Å². The van der Waals surface area contributed by atoms with Crippen molar-refractivity contribution < 1.29 is 13.7 Å². The van der Waals surface area contributed by atoms with Crippen LogP contribution in [-0.2, 0) is 0 Å². The monoisotopic (exact) mass is 398 g/mol. The van der Waals surface area contributed by atoms with Crippen molar-refractivity contribution in [1.29, 1.82) is 0 Å². The van der Waals surface area contributed by atoms with Crippen LogP contribution < -0.4 is 5.32 Å². The second-order valence-electron chi connectivity index (χ2n) is 7.13. The lowest BCUT2D eigenvalue weighted by Crippen LogP contribution is -2.13. The standard InChI is InChI=1S/C23H18N4O3/c1-14-7-8-27-13-19(24-22(27)10-14)16-6-5-15(2)17(11-16)25-23(28)18-12-21(30-26-18)20-4-3-9-29-20/h3-13H,1-2H3,(H,25,28). The number of aryl methyl sites for hydroxylation is 2. The van der Waals surface area contributed by atoms with Crippen LogP contribution in [0.3, 0.4) is 0 Å². The van der Waals surface area contributed by atoms with Gasteiger partial charge in [-0.25, -0.2) is 4.98 Å². The van der Waals surface area contributed by atoms with Gasteiger partial charge in [0.15, 0.2) is 11.5 Å². The van der Waals surface area contributed by atoms with Crippen LogP contribution in [-0.4, -0.2) is 20.4 Å². The van der Waals surface area contributed by atoms with Crippen molar-refractivity contribution in [3.63, 3.8) is 0 Å². The Bertz CT molecular complexity index is 1360. The third-order valence-corrected chi connectivity index (χ3v) is 4.90. The summed E-state index contributed by atoms with van der Waals surface area (Å²) in [4.78, 5) is 17.4. The molecular weight excluding hydrogens is 380 g/mol. The molecular formula is C23H18N4O3. The highest BCUT2D eigenvalue weighted by Gasteiger charge is 2.16. The lowest BCUT2D eigenvalue weighted by atomic mass is 10.1. The van der Waals surface area contributed by atoms with E-state index in [9.17, 15) is 4.79 Å². The third-order valence-electron chi connectivity index (χ3n) is 4.90. The van der Waals surface area contributed by atoms with E-state index in [1.807, 2.05) is 61.0 Å². The van der Waals surface area contributed by atoms with Crippen LogP contribution in [0.25, 0.3) is 28.4 Å². The van der Waals surface area contributed by atoms with Gasteiger partial charge in [0.05, 0.1) is 12.0 Å². The van der Waals surface area contributed by atoms with Gasteiger partial charge in [-0.1, -0.05) is 17.3 Å². The van der Waals surface area contributed by atoms with Crippen molar-refractivity contribution >= 4 is 17.2 Å². The summed E-state index contributed by atoms with van der Waals surface area (Å²) in [6.07, 6.45) is 5.49. The minimum absolute atomic E-state index is 0.175. The molecule has 0 spiro atoms. The molecule has 1 N–H and O–H groups in total. The number of imidazole rings is 1. The number of hydrogen-bond donors (Lipinski definition) is 1. The molecule has 0 unspecified atom stereocenters. The number of pyridine rings is 1. The molecule has 0 aliphatic carbocycles. The molecule has 0 saturated carbocycles. The second-order valence-corrected chi connectivity index (χ2v) is 7.13. The third kappa shape index (κ3) is 3.26. The number of benzene rings is 1. The predicted octanol–water partition coefficient (Wildman–Crippen LogP) is 5.12. The van der Waals surface area contributed by atoms with Crippen LogP contribution in [0, 0.1) is 13.8 Å². The summed E-state index contributed by atoms with van der Waals surface area (Å²) in [6.45, 7) is 3.97. The van der Waals surface area contributed by atoms with Gasteiger partial charge in [-0.15, -0.1) is 0 Å². The molecule has 0 radical (unpaired) electrons. The number of nitrogens with one attached hydrogen (secondary N) is 1. The molecule has 5 aromatic rings. The van der Waals surface area contributed by atoms with E-state index >= 15 is 0 Å². The van der Waals surface area contributed by atoms with E-state index in [2.05, 4.69) is 10.5 Å². The highest BCUT2D eigenvalue weighted by atomic mass is 16.5. The first kappa shape index (κ1) is 17.9. The fourth-order valence-electron chi connectivity index (χ4n) is 3.24. The summed E-state index contributed by atoms with van der Waals surface area (Å²) in [5, 5.41) is 6.76. The Hall–Kier alpha value is -4.13. The number of carbonyl (C=O) groups excluding carboxylic acids is 1. The molecule has 4 heterocycles. The average Bonchev–Trinajstić information content (AvgIpc) is 3.48.